The van der Waals surface area contributed by atoms with E-state index in [2.05, 4.69) is 14.9 Å². The van der Waals surface area contributed by atoms with Gasteiger partial charge in [0.05, 0.1) is 25.1 Å². The van der Waals surface area contributed by atoms with Crippen molar-refractivity contribution in [2.45, 2.75) is 64.1 Å². The Morgan fingerprint density at radius 2 is 1.75 bits per heavy atom. The normalized spacial score (nSPS) is 19.9. The summed E-state index contributed by atoms with van der Waals surface area (Å²) in [5.74, 6) is 1.60. The molecule has 3 heterocycles. The van der Waals surface area contributed by atoms with Crippen molar-refractivity contribution in [1.82, 2.24) is 19.8 Å². The summed E-state index contributed by atoms with van der Waals surface area (Å²) in [6.45, 7) is 7.88. The average molecular weight is 499 g/mol. The number of amides is 1. The Morgan fingerprint density at radius 1 is 1.08 bits per heavy atom. The third-order valence-corrected chi connectivity index (χ3v) is 7.67. The number of nitrogens with zero attached hydrogens (tertiary/aromatic N) is 4. The van der Waals surface area contributed by atoms with E-state index in [-0.39, 0.29) is 5.91 Å². The van der Waals surface area contributed by atoms with E-state index in [1.165, 1.54) is 0 Å². The molecule has 196 valence electrons. The molecular weight excluding hydrogens is 459 g/mol. The number of carbonyl (C=O) groups excluding carboxylic acids is 1. The first-order chi connectivity index (χ1) is 17.4. The van der Waals surface area contributed by atoms with Crippen LogP contribution in [0.2, 0.25) is 0 Å². The minimum Gasteiger partial charge on any atom is -0.490 e. The van der Waals surface area contributed by atoms with Gasteiger partial charge in [-0.15, -0.1) is 0 Å². The van der Waals surface area contributed by atoms with Gasteiger partial charge in [-0.1, -0.05) is 26.0 Å². The molecule has 36 heavy (non-hydrogen) atoms. The molecule has 7 nitrogen and oxygen atoms in total. The van der Waals surface area contributed by atoms with E-state index in [0.29, 0.717) is 62.1 Å². The fraction of sp³-hybridized carbons (Fsp3) is 0.607. The highest BCUT2D eigenvalue weighted by Crippen LogP contribution is 2.26. The largest absolute Gasteiger partial charge is 0.490 e. The van der Waals surface area contributed by atoms with Gasteiger partial charge < -0.3 is 19.6 Å². The number of hydrogen-bond donors (Lipinski definition) is 1. The number of aliphatic hydroxyl groups excluding tert-OH is 1. The lowest BCUT2D eigenvalue weighted by atomic mass is 9.94. The van der Waals surface area contributed by atoms with E-state index in [0.717, 1.165) is 44.3 Å². The van der Waals surface area contributed by atoms with E-state index in [1.807, 2.05) is 26.0 Å². The van der Waals surface area contributed by atoms with Crippen LogP contribution in [0, 0.1) is 5.92 Å². The molecule has 0 radical (unpaired) electrons. The molecule has 0 saturated carbocycles. The molecule has 2 aliphatic heterocycles. The summed E-state index contributed by atoms with van der Waals surface area (Å²) in [5.41, 5.74) is 0.350. The number of ether oxygens (including phenoxy) is 1. The smallest absolute Gasteiger partial charge is 0.253 e. The van der Waals surface area contributed by atoms with Crippen LogP contribution in [0.25, 0.3) is 11.4 Å². The van der Waals surface area contributed by atoms with Crippen molar-refractivity contribution in [1.29, 1.82) is 0 Å². The van der Waals surface area contributed by atoms with Crippen LogP contribution in [0.4, 0.5) is 4.39 Å². The third kappa shape index (κ3) is 6.79. The molecular formula is C28H39FN4O3. The molecule has 0 aliphatic carbocycles. The van der Waals surface area contributed by atoms with Crippen LogP contribution in [0.15, 0.2) is 36.7 Å². The maximum atomic E-state index is 14.7. The van der Waals surface area contributed by atoms with Gasteiger partial charge in [-0.25, -0.2) is 14.4 Å². The number of likely N-dealkylation sites (tertiary alicyclic amines) is 2. The molecule has 8 heteroatoms. The highest BCUT2D eigenvalue weighted by molar-refractivity contribution is 5.94. The monoisotopic (exact) mass is 498 g/mol. The molecule has 2 aromatic rings. The number of aromatic nitrogens is 2. The van der Waals surface area contributed by atoms with Crippen LogP contribution in [-0.4, -0.2) is 81.9 Å². The van der Waals surface area contributed by atoms with Crippen LogP contribution < -0.4 is 4.74 Å². The molecule has 0 bridgehead atoms. The van der Waals surface area contributed by atoms with Crippen LogP contribution >= 0.6 is 0 Å². The van der Waals surface area contributed by atoms with Gasteiger partial charge in [0, 0.05) is 30.8 Å². The molecule has 1 aromatic heterocycles. The van der Waals surface area contributed by atoms with Crippen molar-refractivity contribution in [3.63, 3.8) is 0 Å². The zero-order valence-electron chi connectivity index (χ0n) is 21.5. The van der Waals surface area contributed by atoms with Gasteiger partial charge in [-0.2, -0.15) is 0 Å². The predicted octanol–water partition coefficient (Wildman–Crippen LogP) is 4.36. The van der Waals surface area contributed by atoms with Crippen molar-refractivity contribution in [3.8, 4) is 17.1 Å². The number of hydrogen-bond acceptors (Lipinski definition) is 6. The summed E-state index contributed by atoms with van der Waals surface area (Å²) in [6.07, 6.45) is 7.64. The molecule has 1 aromatic carbocycles. The van der Waals surface area contributed by atoms with Gasteiger partial charge in [0.1, 0.15) is 5.67 Å². The summed E-state index contributed by atoms with van der Waals surface area (Å²) < 4.78 is 20.6. The molecule has 1 amide bonds. The Morgan fingerprint density at radius 3 is 2.36 bits per heavy atom. The van der Waals surface area contributed by atoms with Gasteiger partial charge in [0.25, 0.3) is 5.91 Å². The number of carbonyl (C=O) groups is 1. The molecule has 1 N–H and O–H groups in total. The number of aliphatic hydroxyl groups is 1. The molecule has 2 aliphatic rings. The van der Waals surface area contributed by atoms with Crippen molar-refractivity contribution < 1.29 is 19.0 Å². The molecule has 4 rings (SSSR count). The second kappa shape index (κ2) is 12.1. The summed E-state index contributed by atoms with van der Waals surface area (Å²) in [4.78, 5) is 25.5. The Balaban J connectivity index is 1.24. The Kier molecular flexibility index (Phi) is 8.90. The van der Waals surface area contributed by atoms with E-state index in [9.17, 15) is 14.3 Å². The van der Waals surface area contributed by atoms with Gasteiger partial charge in [-0.3, -0.25) is 4.79 Å². The van der Waals surface area contributed by atoms with E-state index >= 15 is 0 Å². The van der Waals surface area contributed by atoms with Crippen molar-refractivity contribution in [2.75, 3.05) is 39.3 Å². The molecule has 2 fully saturated rings. The minimum absolute atomic E-state index is 0.0597. The van der Waals surface area contributed by atoms with Gasteiger partial charge in [-0.05, 0) is 69.7 Å². The van der Waals surface area contributed by atoms with Crippen LogP contribution in [0.5, 0.6) is 5.75 Å². The molecule has 1 atom stereocenters. The first-order valence-corrected chi connectivity index (χ1v) is 13.3. The Hall–Kier alpha value is -2.58. The molecule has 0 spiro atoms. The zero-order valence-corrected chi connectivity index (χ0v) is 21.5. The fourth-order valence-electron chi connectivity index (χ4n) is 5.02. The number of alkyl halides is 1. The minimum atomic E-state index is -1.07. The summed E-state index contributed by atoms with van der Waals surface area (Å²) in [6, 6.07) is 7.26. The van der Waals surface area contributed by atoms with Crippen LogP contribution in [0.3, 0.4) is 0 Å². The number of benzene rings is 1. The summed E-state index contributed by atoms with van der Waals surface area (Å²) in [5, 5.41) is 9.83. The molecule has 2 saturated heterocycles. The maximum absolute atomic E-state index is 14.7. The van der Waals surface area contributed by atoms with Crippen molar-refractivity contribution >= 4 is 5.91 Å². The average Bonchev–Trinajstić information content (AvgIpc) is 2.92. The lowest BCUT2D eigenvalue weighted by Gasteiger charge is -2.36. The van der Waals surface area contributed by atoms with Crippen molar-refractivity contribution in [2.24, 2.45) is 5.92 Å². The lowest BCUT2D eigenvalue weighted by Crippen LogP contribution is -2.44. The van der Waals surface area contributed by atoms with Gasteiger partial charge >= 0.3 is 0 Å². The number of halogens is 1. The summed E-state index contributed by atoms with van der Waals surface area (Å²) >= 11 is 0. The number of piperidine rings is 2. The standard InChI is InChI=1S/C28H39FN4O3/c1-3-28(29,4-2)20-32-14-11-21(12-15-32)19-36-25-16-30-26(31-17-25)22-7-9-23(10-8-22)27(35)33-13-5-6-24(34)18-33/h7-10,16-17,21,24,34H,3-6,11-15,18-20H2,1-2H3/t24-/m1/s1. The number of β-amino-alcohol motifs (C(OH)–C–C–N with tert-alkyl or cyclic N) is 1. The van der Waals surface area contributed by atoms with Gasteiger partial charge in [0.2, 0.25) is 0 Å². The predicted molar refractivity (Wildman–Crippen MR) is 138 cm³/mol. The molecule has 0 unspecified atom stereocenters. The van der Waals surface area contributed by atoms with Crippen molar-refractivity contribution in [3.05, 3.63) is 42.2 Å². The highest BCUT2D eigenvalue weighted by Gasteiger charge is 2.30. The first-order valence-electron chi connectivity index (χ1n) is 13.3. The Bertz CT molecular complexity index is 973. The quantitative estimate of drug-likeness (QED) is 0.554. The van der Waals surface area contributed by atoms with E-state index in [4.69, 9.17) is 4.74 Å². The van der Waals surface area contributed by atoms with Crippen LogP contribution in [-0.2, 0) is 0 Å². The Labute approximate surface area is 213 Å². The fourth-order valence-corrected chi connectivity index (χ4v) is 5.02. The second-order valence-electron chi connectivity index (χ2n) is 10.3. The SMILES string of the molecule is CCC(F)(CC)CN1CCC(COc2cnc(-c3ccc(C(=O)N4CCC[C@@H](O)C4)cc3)nc2)CC1. The number of rotatable bonds is 9. The first kappa shape index (κ1) is 26.5. The second-order valence-corrected chi connectivity index (χ2v) is 10.3. The van der Waals surface area contributed by atoms with Crippen LogP contribution in [0.1, 0.15) is 62.7 Å². The topological polar surface area (TPSA) is 78.8 Å². The summed E-state index contributed by atoms with van der Waals surface area (Å²) in [7, 11) is 0. The highest BCUT2D eigenvalue weighted by atomic mass is 19.1. The van der Waals surface area contributed by atoms with E-state index in [1.54, 1.807) is 29.4 Å². The zero-order chi connectivity index (χ0) is 25.5. The van der Waals surface area contributed by atoms with Gasteiger partial charge in [0.15, 0.2) is 11.6 Å². The van der Waals surface area contributed by atoms with E-state index < -0.39 is 11.8 Å². The lowest BCUT2D eigenvalue weighted by molar-refractivity contribution is 0.0474. The third-order valence-electron chi connectivity index (χ3n) is 7.67. The maximum Gasteiger partial charge on any atom is 0.253 e.